The monoisotopic (exact) mass is 1520 g/mol. The summed E-state index contributed by atoms with van der Waals surface area (Å²) in [7, 11) is 1.96. The Bertz CT molecular complexity index is 3440. The van der Waals surface area contributed by atoms with E-state index in [2.05, 4.69) is 202 Å². The zero-order valence-electron chi connectivity index (χ0n) is 41.7. The van der Waals surface area contributed by atoms with E-state index in [0.29, 0.717) is 0 Å². The third-order valence-corrected chi connectivity index (χ3v) is 12.3. The van der Waals surface area contributed by atoms with Crippen LogP contribution in [0.3, 0.4) is 0 Å². The molecule has 0 spiro atoms. The maximum absolute atomic E-state index is 4.55. The van der Waals surface area contributed by atoms with Crippen LogP contribution < -0.4 is 4.57 Å². The van der Waals surface area contributed by atoms with Gasteiger partial charge in [0.25, 0.3) is 0 Å². The summed E-state index contributed by atoms with van der Waals surface area (Å²) in [5, 5.41) is 4.55. The smallest absolute Gasteiger partial charge is 0.348 e. The first-order valence-corrected chi connectivity index (χ1v) is 24.3. The van der Waals surface area contributed by atoms with Gasteiger partial charge in [0, 0.05) is 64.0 Å². The molecule has 4 aliphatic rings. The Morgan fingerprint density at radius 1 is 0.467 bits per heavy atom. The number of hydrogen-bond donors (Lipinski definition) is 0. The number of imidazole rings is 1. The fraction of sp³-hybridized carbons (Fsp3) is 0.156. The van der Waals surface area contributed by atoms with Crippen molar-refractivity contribution in [3.8, 4) is 11.4 Å². The molecule has 8 nitrogen and oxygen atoms in total. The molecule has 0 atom stereocenters. The third kappa shape index (κ3) is 15.1. The van der Waals surface area contributed by atoms with Gasteiger partial charge in [-0.05, 0) is 93.4 Å². The number of nitrogens with zero attached hydrogens (tertiary/aromatic N) is 8. The van der Waals surface area contributed by atoms with Crippen molar-refractivity contribution in [3.63, 3.8) is 0 Å². The molecule has 75 heavy (non-hydrogen) atoms. The molecule has 2 aromatic heterocycles. The van der Waals surface area contributed by atoms with Gasteiger partial charge in [-0.3, -0.25) is 4.68 Å². The number of aromatic nitrogens is 4. The minimum atomic E-state index is 0. The summed E-state index contributed by atoms with van der Waals surface area (Å²) in [5.41, 5.74) is 19.7. The summed E-state index contributed by atoms with van der Waals surface area (Å²) < 4.78 is 5.79. The van der Waals surface area contributed by atoms with Crippen LogP contribution in [0.1, 0.15) is 92.7 Å². The van der Waals surface area contributed by atoms with E-state index < -0.39 is 0 Å². The predicted molar refractivity (Wildman–Crippen MR) is 287 cm³/mol. The van der Waals surface area contributed by atoms with Crippen molar-refractivity contribution in [3.05, 3.63) is 287 Å². The maximum Gasteiger partial charge on any atom is 2.00 e. The summed E-state index contributed by atoms with van der Waals surface area (Å²) in [5.74, 6) is 0. The molecule has 0 N–H and O–H groups in total. The maximum atomic E-state index is 4.55. The van der Waals surface area contributed by atoms with Gasteiger partial charge in [-0.1, -0.05) is 30.0 Å². The van der Waals surface area contributed by atoms with E-state index in [1.54, 1.807) is 0 Å². The number of allylic oxidation sites excluding steroid dienone is 4. The molecule has 6 heterocycles. The van der Waals surface area contributed by atoms with E-state index in [1.165, 1.54) is 0 Å². The SMILES string of the molecule is C[n+]1[c-]n(-c2[c-]c(Cc3[c-]c(C4=NC=CC4)ccc3)ccc2)cc1.Cc1cc(C)n(-c2[c-]c(Cc3[c-]c(C4=NC=CC4)ccc3)ccc2)n1.[Pt+2].[Pt+2].[Pt].[c-]1c(Cc2[c-]c(C3=NC=CC3)ccc2)cccc1C1=NC=CC1. The minimum Gasteiger partial charge on any atom is -0.348 e. The van der Waals surface area contributed by atoms with Crippen LogP contribution in [0.5, 0.6) is 0 Å². The van der Waals surface area contributed by atoms with E-state index in [1.807, 2.05) is 77.1 Å². The Hall–Kier alpha value is -6.56. The molecular weight excluding hydrogens is 1470 g/mol. The number of hydrogen-bond acceptors (Lipinski definition) is 5. The number of rotatable bonds is 12. The minimum absolute atomic E-state index is 0. The van der Waals surface area contributed by atoms with Gasteiger partial charge in [0.1, 0.15) is 0 Å². The summed E-state index contributed by atoms with van der Waals surface area (Å²) in [6.45, 7) is 4.07. The van der Waals surface area contributed by atoms with Crippen molar-refractivity contribution in [2.75, 3.05) is 0 Å². The molecule has 380 valence electrons. The number of aryl methyl sites for hydroxylation is 3. The number of aliphatic imine (C=N–C) groups is 4. The van der Waals surface area contributed by atoms with Crippen LogP contribution in [0, 0.1) is 56.6 Å². The van der Waals surface area contributed by atoms with Gasteiger partial charge in [0.05, 0.1) is 12.7 Å². The summed E-state index contributed by atoms with van der Waals surface area (Å²) in [4.78, 5) is 17.6. The Balaban J connectivity index is 0.000000161. The Morgan fingerprint density at radius 2 is 0.813 bits per heavy atom. The molecule has 0 radical (unpaired) electrons. The Morgan fingerprint density at radius 3 is 1.13 bits per heavy atom. The van der Waals surface area contributed by atoms with Crippen molar-refractivity contribution in [1.82, 2.24) is 14.3 Å². The van der Waals surface area contributed by atoms with Gasteiger partial charge >= 0.3 is 42.1 Å². The molecule has 0 saturated heterocycles. The quantitative estimate of drug-likeness (QED) is 0.0887. The first kappa shape index (κ1) is 56.2. The van der Waals surface area contributed by atoms with Crippen LogP contribution in [0.15, 0.2) is 197 Å². The van der Waals surface area contributed by atoms with Gasteiger partial charge in [-0.15, -0.1) is 148 Å². The molecule has 0 fully saturated rings. The summed E-state index contributed by atoms with van der Waals surface area (Å²) in [6.07, 6.45) is 28.9. The van der Waals surface area contributed by atoms with Crippen molar-refractivity contribution in [1.29, 1.82) is 0 Å². The van der Waals surface area contributed by atoms with Crippen molar-refractivity contribution in [2.45, 2.75) is 58.8 Å². The first-order valence-electron chi connectivity index (χ1n) is 24.3. The molecule has 11 heteroatoms. The van der Waals surface area contributed by atoms with Crippen LogP contribution in [0.25, 0.3) is 11.4 Å². The molecule has 8 aromatic rings. The summed E-state index contributed by atoms with van der Waals surface area (Å²) in [6, 6.07) is 60.5. The first-order chi connectivity index (χ1) is 35.3. The van der Waals surface area contributed by atoms with Gasteiger partial charge in [0.2, 0.25) is 6.33 Å². The molecule has 0 amide bonds. The largest absolute Gasteiger partial charge is 2.00 e. The molecule has 4 aliphatic heterocycles. The van der Waals surface area contributed by atoms with Crippen LogP contribution in [-0.4, -0.2) is 37.2 Å². The molecule has 0 saturated carbocycles. The normalized spacial score (nSPS) is 13.5. The van der Waals surface area contributed by atoms with Crippen LogP contribution in [-0.2, 0) is 89.5 Å². The van der Waals surface area contributed by atoms with Gasteiger partial charge in [0.15, 0.2) is 0 Å². The van der Waals surface area contributed by atoms with Crippen LogP contribution >= 0.6 is 0 Å². The zero-order chi connectivity index (χ0) is 49.1. The fourth-order valence-electron chi connectivity index (χ4n) is 8.81. The fourth-order valence-corrected chi connectivity index (χ4v) is 8.81. The molecule has 0 unspecified atom stereocenters. The molecule has 6 aromatic carbocycles. The predicted octanol–water partition coefficient (Wildman–Crippen LogP) is 11.7. The average Bonchev–Trinajstić information content (AvgIpc) is 4.27. The van der Waals surface area contributed by atoms with E-state index >= 15 is 0 Å². The Labute approximate surface area is 484 Å². The molecule has 12 rings (SSSR count). The van der Waals surface area contributed by atoms with Gasteiger partial charge < -0.3 is 29.1 Å². The van der Waals surface area contributed by atoms with Crippen LogP contribution in [0.2, 0.25) is 0 Å². The zero-order valence-corrected chi connectivity index (χ0v) is 48.5. The van der Waals surface area contributed by atoms with E-state index in [4.69, 9.17) is 0 Å². The van der Waals surface area contributed by atoms with Gasteiger partial charge in [-0.2, -0.15) is 58.7 Å². The second-order valence-corrected chi connectivity index (χ2v) is 17.9. The number of benzene rings is 6. The standard InChI is InChI=1S/C22H19N3.C21H17N3.C21H16N2.3Pt/c1-16-12-17(2)25(24-16)21-9-4-7-19(15-21)13-18-6-3-8-20(14-18)22-10-5-11-23-22;1-23-11-12-24(16-23)20-8-3-6-18(15-20)13-17-5-2-7-19(14-17)21-9-4-10-22-21;1-5-16(14-18(7-1)20-9-3-11-22-20)13-17-6-2-8-19(15-17)21-10-4-12-23-21;;;/h3-9,11-12H,10,13H2,1-2H3;2-8,10-12H,9,13H2,1H3;1-8,11-12H,9-10,13H2;;;/q3*-2;;2*+2. The molecule has 0 bridgehead atoms. The average molecular weight is 1520 g/mol. The van der Waals surface area contributed by atoms with Crippen molar-refractivity contribution < 1.29 is 67.8 Å². The van der Waals surface area contributed by atoms with E-state index in [-0.39, 0.29) is 63.2 Å². The second kappa shape index (κ2) is 27.3. The molecular formula is C64H52N8Pt3-2. The topological polar surface area (TPSA) is 76.1 Å². The van der Waals surface area contributed by atoms with Crippen LogP contribution in [0.4, 0.5) is 0 Å². The second-order valence-electron chi connectivity index (χ2n) is 17.9. The van der Waals surface area contributed by atoms with E-state index in [9.17, 15) is 0 Å². The Kier molecular flexibility index (Phi) is 20.4. The van der Waals surface area contributed by atoms with Gasteiger partial charge in [-0.25, -0.2) is 0 Å². The molecule has 0 aliphatic carbocycles. The summed E-state index contributed by atoms with van der Waals surface area (Å²) >= 11 is 0. The third-order valence-electron chi connectivity index (χ3n) is 12.3. The van der Waals surface area contributed by atoms with E-state index in [0.717, 1.165) is 146 Å². The van der Waals surface area contributed by atoms with Crippen molar-refractivity contribution >= 4 is 22.8 Å². The van der Waals surface area contributed by atoms with Crippen molar-refractivity contribution in [2.24, 2.45) is 27.0 Å².